The van der Waals surface area contributed by atoms with Crippen LogP contribution in [0.4, 0.5) is 0 Å². The van der Waals surface area contributed by atoms with Crippen molar-refractivity contribution in [2.45, 2.75) is 18.1 Å². The molecule has 2 aromatic rings. The molecule has 1 unspecified atom stereocenters. The Bertz CT molecular complexity index is 580. The van der Waals surface area contributed by atoms with Gasteiger partial charge in [-0.2, -0.15) is 0 Å². The van der Waals surface area contributed by atoms with Crippen molar-refractivity contribution in [3.8, 4) is 0 Å². The molecule has 104 valence electrons. The number of benzene rings is 1. The van der Waals surface area contributed by atoms with Crippen molar-refractivity contribution in [1.29, 1.82) is 0 Å². The zero-order valence-electron chi connectivity index (χ0n) is 10.9. The van der Waals surface area contributed by atoms with E-state index in [4.69, 9.17) is 11.6 Å². The molecule has 1 amide bonds. The number of halogens is 1. The number of carbonyl (C=O) groups excluding carboxylic acids is 1. The maximum absolute atomic E-state index is 11.9. The maximum Gasteiger partial charge on any atom is 0.230 e. The highest BCUT2D eigenvalue weighted by molar-refractivity contribution is 7.99. The second-order valence-corrected chi connectivity index (χ2v) is 5.48. The van der Waals surface area contributed by atoms with Gasteiger partial charge in [-0.25, -0.2) is 9.97 Å². The van der Waals surface area contributed by atoms with E-state index in [1.54, 1.807) is 18.5 Å². The first-order chi connectivity index (χ1) is 9.66. The van der Waals surface area contributed by atoms with E-state index in [0.717, 1.165) is 5.56 Å². The van der Waals surface area contributed by atoms with E-state index in [9.17, 15) is 4.79 Å². The highest BCUT2D eigenvalue weighted by Crippen LogP contribution is 2.22. The van der Waals surface area contributed by atoms with Gasteiger partial charge in [-0.3, -0.25) is 4.79 Å². The summed E-state index contributed by atoms with van der Waals surface area (Å²) in [7, 11) is 0. The van der Waals surface area contributed by atoms with Crippen LogP contribution in [0.5, 0.6) is 0 Å². The van der Waals surface area contributed by atoms with Crippen LogP contribution in [0.2, 0.25) is 5.02 Å². The lowest BCUT2D eigenvalue weighted by Crippen LogP contribution is -2.28. The SMILES string of the molecule is CC(NC(=O)CSc1ncccn1)c1ccccc1Cl. The van der Waals surface area contributed by atoms with Crippen LogP contribution >= 0.6 is 23.4 Å². The fraction of sp³-hybridized carbons (Fsp3) is 0.214. The Balaban J connectivity index is 1.87. The summed E-state index contributed by atoms with van der Waals surface area (Å²) in [5.74, 6) is 0.202. The largest absolute Gasteiger partial charge is 0.349 e. The van der Waals surface area contributed by atoms with Crippen LogP contribution in [-0.4, -0.2) is 21.6 Å². The molecule has 0 aliphatic rings. The fourth-order valence-corrected chi connectivity index (χ4v) is 2.59. The standard InChI is InChI=1S/C14H14ClN3OS/c1-10(11-5-2-3-6-12(11)15)18-13(19)9-20-14-16-7-4-8-17-14/h2-8,10H,9H2,1H3,(H,18,19). The van der Waals surface area contributed by atoms with E-state index in [1.165, 1.54) is 11.8 Å². The average Bonchev–Trinajstić information content (AvgIpc) is 2.46. The molecule has 0 aliphatic heterocycles. The lowest BCUT2D eigenvalue weighted by molar-refractivity contribution is -0.119. The number of carbonyl (C=O) groups is 1. The predicted octanol–water partition coefficient (Wildman–Crippen LogP) is 3.10. The molecule has 20 heavy (non-hydrogen) atoms. The van der Waals surface area contributed by atoms with Crippen molar-refractivity contribution in [3.05, 3.63) is 53.3 Å². The molecule has 6 heteroatoms. The van der Waals surface area contributed by atoms with Crippen LogP contribution in [0.25, 0.3) is 0 Å². The van der Waals surface area contributed by atoms with Gasteiger partial charge in [-0.05, 0) is 24.6 Å². The molecule has 0 fully saturated rings. The van der Waals surface area contributed by atoms with Crippen molar-refractivity contribution in [2.24, 2.45) is 0 Å². The van der Waals surface area contributed by atoms with Gasteiger partial charge < -0.3 is 5.32 Å². The van der Waals surface area contributed by atoms with Gasteiger partial charge in [-0.1, -0.05) is 41.6 Å². The van der Waals surface area contributed by atoms with Gasteiger partial charge in [0.25, 0.3) is 0 Å². The van der Waals surface area contributed by atoms with E-state index in [0.29, 0.717) is 10.2 Å². The quantitative estimate of drug-likeness (QED) is 0.681. The summed E-state index contributed by atoms with van der Waals surface area (Å²) in [4.78, 5) is 20.0. The summed E-state index contributed by atoms with van der Waals surface area (Å²) in [6.45, 7) is 1.91. The van der Waals surface area contributed by atoms with Gasteiger partial charge in [0.05, 0.1) is 11.8 Å². The molecule has 0 radical (unpaired) electrons. The summed E-state index contributed by atoms with van der Waals surface area (Å²) in [5.41, 5.74) is 0.906. The first kappa shape index (κ1) is 14.8. The highest BCUT2D eigenvalue weighted by atomic mass is 35.5. The van der Waals surface area contributed by atoms with E-state index in [-0.39, 0.29) is 17.7 Å². The van der Waals surface area contributed by atoms with Crippen LogP contribution in [0.1, 0.15) is 18.5 Å². The van der Waals surface area contributed by atoms with Crippen LogP contribution in [0, 0.1) is 0 Å². The number of aromatic nitrogens is 2. The number of rotatable bonds is 5. The first-order valence-electron chi connectivity index (χ1n) is 6.10. The van der Waals surface area contributed by atoms with Crippen LogP contribution in [0.3, 0.4) is 0 Å². The third-order valence-electron chi connectivity index (χ3n) is 2.62. The Kier molecular flexibility index (Phi) is 5.38. The zero-order valence-corrected chi connectivity index (χ0v) is 12.5. The molecule has 2 rings (SSSR count). The number of nitrogens with zero attached hydrogens (tertiary/aromatic N) is 2. The fourth-order valence-electron chi connectivity index (χ4n) is 1.68. The Morgan fingerprint density at radius 1 is 1.30 bits per heavy atom. The first-order valence-corrected chi connectivity index (χ1v) is 7.47. The second-order valence-electron chi connectivity index (χ2n) is 4.13. The molecule has 0 aliphatic carbocycles. The molecule has 0 bridgehead atoms. The molecular weight excluding hydrogens is 294 g/mol. The van der Waals surface area contributed by atoms with Crippen LogP contribution in [0.15, 0.2) is 47.9 Å². The van der Waals surface area contributed by atoms with Crippen LogP contribution < -0.4 is 5.32 Å². The minimum absolute atomic E-state index is 0.0742. The molecule has 1 heterocycles. The lowest BCUT2D eigenvalue weighted by atomic mass is 10.1. The Morgan fingerprint density at radius 2 is 2.00 bits per heavy atom. The summed E-state index contributed by atoms with van der Waals surface area (Å²) in [5, 5.41) is 4.15. The van der Waals surface area contributed by atoms with E-state index in [2.05, 4.69) is 15.3 Å². The molecule has 1 N–H and O–H groups in total. The molecule has 1 aromatic carbocycles. The number of thioether (sulfide) groups is 1. The molecule has 1 aromatic heterocycles. The van der Waals surface area contributed by atoms with Gasteiger partial charge in [0.2, 0.25) is 5.91 Å². The predicted molar refractivity (Wildman–Crippen MR) is 80.8 cm³/mol. The Labute approximate surface area is 127 Å². The average molecular weight is 308 g/mol. The number of amides is 1. The molecule has 0 spiro atoms. The van der Waals surface area contributed by atoms with Gasteiger partial charge in [0.15, 0.2) is 5.16 Å². The van der Waals surface area contributed by atoms with E-state index < -0.39 is 0 Å². The monoisotopic (exact) mass is 307 g/mol. The second kappa shape index (κ2) is 7.26. The van der Waals surface area contributed by atoms with Gasteiger partial charge in [0, 0.05) is 17.4 Å². The van der Waals surface area contributed by atoms with Crippen molar-refractivity contribution in [2.75, 3.05) is 5.75 Å². The number of nitrogens with one attached hydrogen (secondary N) is 1. The van der Waals surface area contributed by atoms with Crippen molar-refractivity contribution in [3.63, 3.8) is 0 Å². The third-order valence-corrected chi connectivity index (χ3v) is 3.84. The minimum atomic E-state index is -0.131. The van der Waals surface area contributed by atoms with Gasteiger partial charge in [0.1, 0.15) is 0 Å². The van der Waals surface area contributed by atoms with Crippen molar-refractivity contribution >= 4 is 29.3 Å². The Morgan fingerprint density at radius 3 is 2.70 bits per heavy atom. The Hall–Kier alpha value is -1.59. The molecule has 0 saturated carbocycles. The third kappa shape index (κ3) is 4.21. The smallest absolute Gasteiger partial charge is 0.230 e. The minimum Gasteiger partial charge on any atom is -0.349 e. The lowest BCUT2D eigenvalue weighted by Gasteiger charge is -2.15. The summed E-state index contributed by atoms with van der Waals surface area (Å²) >= 11 is 7.40. The maximum atomic E-state index is 11.9. The number of hydrogen-bond donors (Lipinski definition) is 1. The molecule has 4 nitrogen and oxygen atoms in total. The van der Waals surface area contributed by atoms with Gasteiger partial charge in [-0.15, -0.1) is 0 Å². The van der Waals surface area contributed by atoms with Crippen LogP contribution in [-0.2, 0) is 4.79 Å². The zero-order chi connectivity index (χ0) is 14.4. The van der Waals surface area contributed by atoms with Gasteiger partial charge >= 0.3 is 0 Å². The topological polar surface area (TPSA) is 54.9 Å². The highest BCUT2D eigenvalue weighted by Gasteiger charge is 2.12. The van der Waals surface area contributed by atoms with Crippen molar-refractivity contribution in [1.82, 2.24) is 15.3 Å². The summed E-state index contributed by atoms with van der Waals surface area (Å²) in [6.07, 6.45) is 3.30. The summed E-state index contributed by atoms with van der Waals surface area (Å²) < 4.78 is 0. The number of hydrogen-bond acceptors (Lipinski definition) is 4. The van der Waals surface area contributed by atoms with Crippen molar-refractivity contribution < 1.29 is 4.79 Å². The van der Waals surface area contributed by atoms with E-state index in [1.807, 2.05) is 31.2 Å². The molecule has 1 atom stereocenters. The molecule has 0 saturated heterocycles. The summed E-state index contributed by atoms with van der Waals surface area (Å²) in [6, 6.07) is 9.09. The molecular formula is C14H14ClN3OS. The normalized spacial score (nSPS) is 11.9. The van der Waals surface area contributed by atoms with E-state index >= 15 is 0 Å².